The van der Waals surface area contributed by atoms with Crippen molar-refractivity contribution in [1.82, 2.24) is 4.57 Å². The van der Waals surface area contributed by atoms with Crippen LogP contribution in [0.3, 0.4) is 0 Å². The van der Waals surface area contributed by atoms with Crippen LogP contribution in [0, 0.1) is 0 Å². The number of nitrogens with two attached hydrogens (primary N) is 1. The van der Waals surface area contributed by atoms with Gasteiger partial charge >= 0.3 is 0 Å². The van der Waals surface area contributed by atoms with Gasteiger partial charge in [0.1, 0.15) is 0 Å². The van der Waals surface area contributed by atoms with E-state index in [-0.39, 0.29) is 18.3 Å². The minimum atomic E-state index is -0.564. The third-order valence-electron chi connectivity index (χ3n) is 4.14. The van der Waals surface area contributed by atoms with Crippen molar-refractivity contribution in [3.8, 4) is 0 Å². The highest BCUT2D eigenvalue weighted by Gasteiger charge is 2.14. The molecule has 1 aromatic heterocycles. The van der Waals surface area contributed by atoms with Crippen LogP contribution in [-0.2, 0) is 17.8 Å². The van der Waals surface area contributed by atoms with Gasteiger partial charge in [0.05, 0.1) is 11.6 Å². The van der Waals surface area contributed by atoms with Crippen LogP contribution in [0.5, 0.6) is 0 Å². The van der Waals surface area contributed by atoms with Crippen LogP contribution in [0.15, 0.2) is 60.8 Å². The van der Waals surface area contributed by atoms with Gasteiger partial charge in [0, 0.05) is 18.4 Å². The molecule has 2 aromatic carbocycles. The van der Waals surface area contributed by atoms with Gasteiger partial charge in [-0.25, -0.2) is 0 Å². The number of hydrogen-bond donors (Lipinski definition) is 2. The Kier molecular flexibility index (Phi) is 6.62. The van der Waals surface area contributed by atoms with E-state index in [9.17, 15) is 4.79 Å². The van der Waals surface area contributed by atoms with Gasteiger partial charge in [-0.1, -0.05) is 43.3 Å². The third kappa shape index (κ3) is 4.62. The summed E-state index contributed by atoms with van der Waals surface area (Å²) >= 11 is 0. The van der Waals surface area contributed by atoms with E-state index in [1.54, 1.807) is 0 Å². The highest BCUT2D eigenvalue weighted by atomic mass is 35.5. The molecule has 3 N–H and O–H groups in total. The number of halogens is 1. The molecule has 1 amide bonds. The molecule has 3 rings (SSSR count). The lowest BCUT2D eigenvalue weighted by atomic mass is 10.1. The SMILES string of the molecule is CCCn1ccc2ccc(NC(=O)[C@@H](N)Cc3ccccc3)cc21.Cl. The second-order valence-electron chi connectivity index (χ2n) is 6.07. The summed E-state index contributed by atoms with van der Waals surface area (Å²) in [6, 6.07) is 17.3. The minimum absolute atomic E-state index is 0. The maximum atomic E-state index is 12.4. The Morgan fingerprint density at radius 2 is 1.92 bits per heavy atom. The summed E-state index contributed by atoms with van der Waals surface area (Å²) in [5, 5.41) is 4.11. The van der Waals surface area contributed by atoms with E-state index in [0.29, 0.717) is 6.42 Å². The first-order chi connectivity index (χ1) is 11.7. The fourth-order valence-electron chi connectivity index (χ4n) is 2.89. The topological polar surface area (TPSA) is 60.0 Å². The number of carbonyl (C=O) groups excluding carboxylic acids is 1. The quantitative estimate of drug-likeness (QED) is 0.701. The van der Waals surface area contributed by atoms with Crippen LogP contribution in [-0.4, -0.2) is 16.5 Å². The highest BCUT2D eigenvalue weighted by Crippen LogP contribution is 2.21. The molecule has 1 heterocycles. The van der Waals surface area contributed by atoms with Crippen molar-refractivity contribution < 1.29 is 4.79 Å². The summed E-state index contributed by atoms with van der Waals surface area (Å²) in [6.45, 7) is 3.12. The molecule has 0 fully saturated rings. The number of hydrogen-bond acceptors (Lipinski definition) is 2. The molecule has 0 aliphatic carbocycles. The first-order valence-corrected chi connectivity index (χ1v) is 8.36. The van der Waals surface area contributed by atoms with Gasteiger partial charge in [-0.15, -0.1) is 12.4 Å². The Hall–Kier alpha value is -2.30. The van der Waals surface area contributed by atoms with E-state index in [1.807, 2.05) is 48.5 Å². The summed E-state index contributed by atoms with van der Waals surface area (Å²) in [5.41, 5.74) is 9.03. The normalized spacial score (nSPS) is 11.8. The van der Waals surface area contributed by atoms with Crippen LogP contribution < -0.4 is 11.1 Å². The molecule has 0 unspecified atom stereocenters. The lowest BCUT2D eigenvalue weighted by Gasteiger charge is -2.13. The predicted octanol–water partition coefficient (Wildman–Crippen LogP) is 3.98. The molecule has 1 atom stereocenters. The lowest BCUT2D eigenvalue weighted by molar-refractivity contribution is -0.117. The number of carbonyl (C=O) groups is 1. The molecule has 4 nitrogen and oxygen atoms in total. The van der Waals surface area contributed by atoms with Gasteiger partial charge in [-0.3, -0.25) is 4.79 Å². The van der Waals surface area contributed by atoms with Gasteiger partial charge < -0.3 is 15.6 Å². The molecule has 132 valence electrons. The second-order valence-corrected chi connectivity index (χ2v) is 6.07. The van der Waals surface area contributed by atoms with Crippen LogP contribution in [0.25, 0.3) is 10.9 Å². The molecule has 25 heavy (non-hydrogen) atoms. The Morgan fingerprint density at radius 1 is 1.16 bits per heavy atom. The van der Waals surface area contributed by atoms with E-state index < -0.39 is 6.04 Å². The fourth-order valence-corrected chi connectivity index (χ4v) is 2.89. The van der Waals surface area contributed by atoms with Crippen LogP contribution in [0.1, 0.15) is 18.9 Å². The molecule has 5 heteroatoms. The Bertz CT molecular complexity index is 829. The molecule has 0 aliphatic rings. The Labute approximate surface area is 154 Å². The van der Waals surface area contributed by atoms with Crippen molar-refractivity contribution in [2.45, 2.75) is 32.4 Å². The van der Waals surface area contributed by atoms with Crippen LogP contribution >= 0.6 is 12.4 Å². The van der Waals surface area contributed by atoms with Crippen molar-refractivity contribution in [2.75, 3.05) is 5.32 Å². The van der Waals surface area contributed by atoms with Crippen molar-refractivity contribution >= 4 is 34.9 Å². The predicted molar refractivity (Wildman–Crippen MR) is 106 cm³/mol. The Morgan fingerprint density at radius 3 is 2.64 bits per heavy atom. The van der Waals surface area contributed by atoms with E-state index in [1.165, 1.54) is 5.39 Å². The number of amides is 1. The average Bonchev–Trinajstić information content (AvgIpc) is 2.98. The molecular weight excluding hydrogens is 334 g/mol. The molecule has 0 aliphatic heterocycles. The molecule has 0 radical (unpaired) electrons. The summed E-state index contributed by atoms with van der Waals surface area (Å²) in [6.07, 6.45) is 3.68. The van der Waals surface area contributed by atoms with E-state index >= 15 is 0 Å². The summed E-state index contributed by atoms with van der Waals surface area (Å²) in [7, 11) is 0. The highest BCUT2D eigenvalue weighted by molar-refractivity contribution is 5.96. The first kappa shape index (κ1) is 19.0. The molecular formula is C20H24ClN3O. The summed E-state index contributed by atoms with van der Waals surface area (Å²) in [5.74, 6) is -0.160. The number of fused-ring (bicyclic) bond motifs is 1. The molecule has 0 saturated carbocycles. The monoisotopic (exact) mass is 357 g/mol. The number of benzene rings is 2. The largest absolute Gasteiger partial charge is 0.347 e. The van der Waals surface area contributed by atoms with Gasteiger partial charge in [0.25, 0.3) is 0 Å². The number of nitrogens with one attached hydrogen (secondary N) is 1. The van der Waals surface area contributed by atoms with E-state index in [4.69, 9.17) is 5.73 Å². The number of aromatic nitrogens is 1. The van der Waals surface area contributed by atoms with Crippen LogP contribution in [0.4, 0.5) is 5.69 Å². The number of aryl methyl sites for hydroxylation is 1. The van der Waals surface area contributed by atoms with Gasteiger partial charge in [-0.2, -0.15) is 0 Å². The molecule has 3 aromatic rings. The van der Waals surface area contributed by atoms with Gasteiger partial charge in [0.2, 0.25) is 5.91 Å². The van der Waals surface area contributed by atoms with Gasteiger partial charge in [0.15, 0.2) is 0 Å². The molecule has 0 bridgehead atoms. The van der Waals surface area contributed by atoms with E-state index in [2.05, 4.69) is 29.1 Å². The number of rotatable bonds is 6. The maximum absolute atomic E-state index is 12.4. The Balaban J connectivity index is 0.00000225. The van der Waals surface area contributed by atoms with Crippen molar-refractivity contribution in [2.24, 2.45) is 5.73 Å². The zero-order chi connectivity index (χ0) is 16.9. The van der Waals surface area contributed by atoms with Crippen LogP contribution in [0.2, 0.25) is 0 Å². The fraction of sp³-hybridized carbons (Fsp3) is 0.250. The van der Waals surface area contributed by atoms with Crippen molar-refractivity contribution in [3.05, 3.63) is 66.4 Å². The second kappa shape index (κ2) is 8.70. The minimum Gasteiger partial charge on any atom is -0.347 e. The van der Waals surface area contributed by atoms with Gasteiger partial charge in [-0.05, 0) is 42.0 Å². The third-order valence-corrected chi connectivity index (χ3v) is 4.14. The molecule has 0 spiro atoms. The number of anilines is 1. The summed E-state index contributed by atoms with van der Waals surface area (Å²) in [4.78, 5) is 12.4. The zero-order valence-electron chi connectivity index (χ0n) is 14.3. The first-order valence-electron chi connectivity index (χ1n) is 8.36. The molecule has 0 saturated heterocycles. The average molecular weight is 358 g/mol. The number of nitrogens with zero attached hydrogens (tertiary/aromatic N) is 1. The maximum Gasteiger partial charge on any atom is 0.241 e. The lowest BCUT2D eigenvalue weighted by Crippen LogP contribution is -2.37. The van der Waals surface area contributed by atoms with Crippen molar-refractivity contribution in [1.29, 1.82) is 0 Å². The van der Waals surface area contributed by atoms with E-state index in [0.717, 1.165) is 29.7 Å². The zero-order valence-corrected chi connectivity index (χ0v) is 15.1. The standard InChI is InChI=1S/C20H23N3O.ClH/c1-2-11-23-12-10-16-8-9-17(14-19(16)23)22-20(24)18(21)13-15-6-4-3-5-7-15;/h3-10,12,14,18H,2,11,13,21H2,1H3,(H,22,24);1H/t18-;/m0./s1. The van der Waals surface area contributed by atoms with Crippen molar-refractivity contribution in [3.63, 3.8) is 0 Å². The smallest absolute Gasteiger partial charge is 0.241 e. The summed E-state index contributed by atoms with van der Waals surface area (Å²) < 4.78 is 2.20.